The average molecular weight is 365 g/mol. The molecule has 1 saturated carbocycles. The van der Waals surface area contributed by atoms with E-state index in [1.807, 2.05) is 24.4 Å². The van der Waals surface area contributed by atoms with Gasteiger partial charge in [0.25, 0.3) is 5.91 Å². The SMILES string of the molecule is CCO[C@@H]1OC(C(=O)NCC2CC2)=C[C@H](c2cccs2)[C@@H]1CCCO. The maximum atomic E-state index is 12.5. The summed E-state index contributed by atoms with van der Waals surface area (Å²) in [5, 5.41) is 14.3. The molecule has 0 spiro atoms. The summed E-state index contributed by atoms with van der Waals surface area (Å²) in [5.74, 6) is 0.988. The minimum Gasteiger partial charge on any atom is -0.459 e. The number of ether oxygens (including phenoxy) is 2. The molecule has 1 aliphatic carbocycles. The molecule has 5 nitrogen and oxygen atoms in total. The van der Waals surface area contributed by atoms with E-state index in [1.165, 1.54) is 17.7 Å². The van der Waals surface area contributed by atoms with Crippen molar-refractivity contribution in [3.63, 3.8) is 0 Å². The van der Waals surface area contributed by atoms with Crippen LogP contribution in [0.4, 0.5) is 0 Å². The minimum atomic E-state index is -0.463. The lowest BCUT2D eigenvalue weighted by molar-refractivity contribution is -0.166. The summed E-state index contributed by atoms with van der Waals surface area (Å²) < 4.78 is 11.7. The van der Waals surface area contributed by atoms with Gasteiger partial charge in [-0.25, -0.2) is 0 Å². The fourth-order valence-corrected chi connectivity index (χ4v) is 4.09. The number of allylic oxidation sites excluding steroid dienone is 1. The Morgan fingerprint density at radius 1 is 1.48 bits per heavy atom. The zero-order valence-corrected chi connectivity index (χ0v) is 15.5. The van der Waals surface area contributed by atoms with E-state index in [-0.39, 0.29) is 24.3 Å². The Hall–Kier alpha value is -1.37. The second-order valence-electron chi connectivity index (χ2n) is 6.70. The van der Waals surface area contributed by atoms with E-state index < -0.39 is 6.29 Å². The number of rotatable bonds is 9. The number of amides is 1. The molecule has 2 N–H and O–H groups in total. The molecule has 0 aromatic carbocycles. The third kappa shape index (κ3) is 4.84. The van der Waals surface area contributed by atoms with Crippen LogP contribution in [0.3, 0.4) is 0 Å². The molecular weight excluding hydrogens is 338 g/mol. The predicted molar refractivity (Wildman–Crippen MR) is 97.2 cm³/mol. The molecule has 1 amide bonds. The van der Waals surface area contributed by atoms with Gasteiger partial charge in [-0.05, 0) is 56.0 Å². The third-order valence-corrected chi connectivity index (χ3v) is 5.73. The predicted octanol–water partition coefficient (Wildman–Crippen LogP) is 3.02. The zero-order valence-electron chi connectivity index (χ0n) is 14.6. The number of carbonyl (C=O) groups excluding carboxylic acids is 1. The summed E-state index contributed by atoms with van der Waals surface area (Å²) in [6.45, 7) is 3.31. The number of aliphatic hydroxyl groups excluding tert-OH is 1. The molecule has 0 radical (unpaired) electrons. The van der Waals surface area contributed by atoms with Gasteiger partial charge >= 0.3 is 0 Å². The van der Waals surface area contributed by atoms with Crippen LogP contribution in [0.1, 0.15) is 43.4 Å². The molecule has 6 heteroatoms. The Balaban J connectivity index is 1.80. The van der Waals surface area contributed by atoms with Gasteiger partial charge in [-0.1, -0.05) is 6.07 Å². The molecule has 3 rings (SSSR count). The summed E-state index contributed by atoms with van der Waals surface area (Å²) in [6, 6.07) is 4.11. The molecule has 138 valence electrons. The van der Waals surface area contributed by atoms with Gasteiger partial charge in [-0.15, -0.1) is 11.3 Å². The van der Waals surface area contributed by atoms with Gasteiger partial charge in [0.2, 0.25) is 6.29 Å². The lowest BCUT2D eigenvalue weighted by atomic mass is 9.84. The van der Waals surface area contributed by atoms with E-state index in [0.29, 0.717) is 24.7 Å². The van der Waals surface area contributed by atoms with E-state index in [4.69, 9.17) is 9.47 Å². The molecular formula is C19H27NO4S. The fraction of sp³-hybridized carbons (Fsp3) is 0.632. The highest BCUT2D eigenvalue weighted by molar-refractivity contribution is 7.10. The zero-order chi connectivity index (χ0) is 17.6. The van der Waals surface area contributed by atoms with Gasteiger partial charge < -0.3 is 19.9 Å². The smallest absolute Gasteiger partial charge is 0.286 e. The van der Waals surface area contributed by atoms with Crippen LogP contribution in [0.5, 0.6) is 0 Å². The molecule has 1 aliphatic heterocycles. The summed E-state index contributed by atoms with van der Waals surface area (Å²) >= 11 is 1.68. The summed E-state index contributed by atoms with van der Waals surface area (Å²) in [7, 11) is 0. The lowest BCUT2D eigenvalue weighted by Crippen LogP contribution is -2.39. The fourth-order valence-electron chi connectivity index (χ4n) is 3.22. The van der Waals surface area contributed by atoms with Crippen molar-refractivity contribution >= 4 is 17.2 Å². The van der Waals surface area contributed by atoms with Crippen molar-refractivity contribution in [2.75, 3.05) is 19.8 Å². The van der Waals surface area contributed by atoms with Crippen molar-refractivity contribution < 1.29 is 19.4 Å². The van der Waals surface area contributed by atoms with Crippen LogP contribution in [-0.2, 0) is 14.3 Å². The van der Waals surface area contributed by atoms with Crippen LogP contribution in [0.25, 0.3) is 0 Å². The first-order valence-electron chi connectivity index (χ1n) is 9.15. The van der Waals surface area contributed by atoms with Gasteiger partial charge in [0.05, 0.1) is 0 Å². The standard InChI is InChI=1S/C19H27NO4S/c1-2-23-19-14(5-3-9-21)15(17-6-4-10-25-17)11-16(24-19)18(22)20-12-13-7-8-13/h4,6,10-11,13-15,19,21H,2-3,5,7-9,12H2,1H3,(H,20,22)/t14-,15-,19+/m0/s1. The van der Waals surface area contributed by atoms with Crippen LogP contribution in [0.2, 0.25) is 0 Å². The number of aliphatic hydroxyl groups is 1. The molecule has 2 aliphatic rings. The molecule has 0 saturated heterocycles. The monoisotopic (exact) mass is 365 g/mol. The first-order valence-corrected chi connectivity index (χ1v) is 10.0. The largest absolute Gasteiger partial charge is 0.459 e. The van der Waals surface area contributed by atoms with Crippen molar-refractivity contribution in [2.24, 2.45) is 11.8 Å². The number of carbonyl (C=O) groups is 1. The Kier molecular flexibility index (Phi) is 6.51. The lowest BCUT2D eigenvalue weighted by Gasteiger charge is -2.36. The summed E-state index contributed by atoms with van der Waals surface area (Å²) in [6.07, 6.45) is 5.35. The maximum absolute atomic E-state index is 12.5. The van der Waals surface area contributed by atoms with Crippen molar-refractivity contribution in [3.8, 4) is 0 Å². The van der Waals surface area contributed by atoms with E-state index in [0.717, 1.165) is 13.0 Å². The Labute approximate surface area is 153 Å². The van der Waals surface area contributed by atoms with E-state index >= 15 is 0 Å². The van der Waals surface area contributed by atoms with Crippen molar-refractivity contribution in [2.45, 2.75) is 44.8 Å². The molecule has 0 unspecified atom stereocenters. The number of hydrogen-bond donors (Lipinski definition) is 2. The number of nitrogens with one attached hydrogen (secondary N) is 1. The van der Waals surface area contributed by atoms with Gasteiger partial charge in [0.1, 0.15) is 0 Å². The molecule has 1 aromatic rings. The van der Waals surface area contributed by atoms with Gasteiger partial charge in [-0.2, -0.15) is 0 Å². The maximum Gasteiger partial charge on any atom is 0.286 e. The Morgan fingerprint density at radius 3 is 2.96 bits per heavy atom. The highest BCUT2D eigenvalue weighted by Gasteiger charge is 2.38. The minimum absolute atomic E-state index is 0.0681. The van der Waals surface area contributed by atoms with E-state index in [1.54, 1.807) is 11.3 Å². The molecule has 2 heterocycles. The van der Waals surface area contributed by atoms with Crippen molar-refractivity contribution in [1.29, 1.82) is 0 Å². The van der Waals surface area contributed by atoms with Gasteiger partial charge in [0, 0.05) is 36.5 Å². The Bertz CT molecular complexity index is 582. The highest BCUT2D eigenvalue weighted by atomic mass is 32.1. The van der Waals surface area contributed by atoms with Crippen molar-refractivity contribution in [1.82, 2.24) is 5.32 Å². The van der Waals surface area contributed by atoms with E-state index in [2.05, 4.69) is 11.4 Å². The average Bonchev–Trinajstić information content (AvgIpc) is 3.29. The topological polar surface area (TPSA) is 67.8 Å². The van der Waals surface area contributed by atoms with E-state index in [9.17, 15) is 9.90 Å². The van der Waals surface area contributed by atoms with Gasteiger partial charge in [-0.3, -0.25) is 4.79 Å². The first-order chi connectivity index (χ1) is 12.2. The van der Waals surface area contributed by atoms with Crippen LogP contribution in [0.15, 0.2) is 29.3 Å². The van der Waals surface area contributed by atoms with Crippen LogP contribution >= 0.6 is 11.3 Å². The van der Waals surface area contributed by atoms with Crippen molar-refractivity contribution in [3.05, 3.63) is 34.2 Å². The number of hydrogen-bond acceptors (Lipinski definition) is 5. The molecule has 25 heavy (non-hydrogen) atoms. The van der Waals surface area contributed by atoms with Crippen LogP contribution in [0, 0.1) is 11.8 Å². The molecule has 3 atom stereocenters. The number of thiophene rings is 1. The summed E-state index contributed by atoms with van der Waals surface area (Å²) in [4.78, 5) is 13.7. The molecule has 1 aromatic heterocycles. The first kappa shape index (κ1) is 18.4. The molecule has 0 bridgehead atoms. The summed E-state index contributed by atoms with van der Waals surface area (Å²) in [5.41, 5.74) is 0. The molecule has 1 fully saturated rings. The highest BCUT2D eigenvalue weighted by Crippen LogP contribution is 2.41. The van der Waals surface area contributed by atoms with Gasteiger partial charge in [0.15, 0.2) is 5.76 Å². The third-order valence-electron chi connectivity index (χ3n) is 4.76. The second kappa shape index (κ2) is 8.83. The Morgan fingerprint density at radius 2 is 2.32 bits per heavy atom. The van der Waals surface area contributed by atoms with Crippen LogP contribution in [-0.4, -0.2) is 37.1 Å². The normalized spacial score (nSPS) is 26.0. The van der Waals surface area contributed by atoms with Crippen LogP contribution < -0.4 is 5.32 Å². The quantitative estimate of drug-likeness (QED) is 0.706. The second-order valence-corrected chi connectivity index (χ2v) is 7.68.